The summed E-state index contributed by atoms with van der Waals surface area (Å²) in [6, 6.07) is 5.87. The smallest absolute Gasteiger partial charge is 0.0423 e. The fourth-order valence-electron chi connectivity index (χ4n) is 2.30. The number of rotatable bonds is 1. The van der Waals surface area contributed by atoms with Crippen LogP contribution in [0.2, 0.25) is 10.0 Å². The van der Waals surface area contributed by atoms with E-state index in [0.717, 1.165) is 29.6 Å². The van der Waals surface area contributed by atoms with Crippen molar-refractivity contribution in [2.24, 2.45) is 5.92 Å². The van der Waals surface area contributed by atoms with Gasteiger partial charge in [-0.2, -0.15) is 0 Å². The summed E-state index contributed by atoms with van der Waals surface area (Å²) in [6.07, 6.45) is 1.16. The lowest BCUT2D eigenvalue weighted by atomic mass is 9.82. The van der Waals surface area contributed by atoms with Gasteiger partial charge in [0, 0.05) is 10.0 Å². The minimum atomic E-state index is 0.586. The summed E-state index contributed by atoms with van der Waals surface area (Å²) in [5.41, 5.74) is 1.28. The number of nitrogens with one attached hydrogen (secondary N) is 1. The molecule has 1 heterocycles. The molecule has 1 fully saturated rings. The van der Waals surface area contributed by atoms with Gasteiger partial charge in [-0.3, -0.25) is 0 Å². The highest BCUT2D eigenvalue weighted by atomic mass is 35.5. The van der Waals surface area contributed by atoms with Gasteiger partial charge in [-0.05, 0) is 55.1 Å². The molecule has 0 saturated carbocycles. The lowest BCUT2D eigenvalue weighted by Crippen LogP contribution is -2.33. The minimum Gasteiger partial charge on any atom is -0.316 e. The third-order valence-corrected chi connectivity index (χ3v) is 3.53. The zero-order chi connectivity index (χ0) is 10.8. The van der Waals surface area contributed by atoms with Gasteiger partial charge >= 0.3 is 0 Å². The van der Waals surface area contributed by atoms with E-state index in [1.54, 1.807) is 6.07 Å². The maximum absolute atomic E-state index is 6.02. The summed E-state index contributed by atoms with van der Waals surface area (Å²) >= 11 is 12.0. The molecule has 0 bridgehead atoms. The molecule has 1 aliphatic rings. The van der Waals surface area contributed by atoms with Gasteiger partial charge in [-0.25, -0.2) is 0 Å². The first-order chi connectivity index (χ1) is 7.16. The van der Waals surface area contributed by atoms with Crippen LogP contribution in [0.3, 0.4) is 0 Å². The van der Waals surface area contributed by atoms with Crippen LogP contribution in [0.4, 0.5) is 0 Å². The Morgan fingerprint density at radius 2 is 1.87 bits per heavy atom. The summed E-state index contributed by atoms with van der Waals surface area (Å²) in [7, 11) is 0. The Kier molecular flexibility index (Phi) is 3.55. The van der Waals surface area contributed by atoms with Gasteiger partial charge in [-0.15, -0.1) is 0 Å². The molecular weight excluding hydrogens is 229 g/mol. The molecule has 1 aromatic carbocycles. The van der Waals surface area contributed by atoms with E-state index < -0.39 is 0 Å². The molecule has 15 heavy (non-hydrogen) atoms. The number of hydrogen-bond acceptors (Lipinski definition) is 1. The van der Waals surface area contributed by atoms with Crippen LogP contribution < -0.4 is 5.32 Å². The van der Waals surface area contributed by atoms with Gasteiger partial charge in [-0.1, -0.05) is 30.1 Å². The molecule has 2 rings (SSSR count). The van der Waals surface area contributed by atoms with Gasteiger partial charge in [0.2, 0.25) is 0 Å². The topological polar surface area (TPSA) is 12.0 Å². The quantitative estimate of drug-likeness (QED) is 0.794. The second-order valence-electron chi connectivity index (χ2n) is 4.28. The number of piperidine rings is 1. The van der Waals surface area contributed by atoms with Crippen LogP contribution in [-0.2, 0) is 0 Å². The second-order valence-corrected chi connectivity index (χ2v) is 5.15. The molecule has 0 radical (unpaired) electrons. The van der Waals surface area contributed by atoms with Gasteiger partial charge in [0.15, 0.2) is 0 Å². The molecule has 1 aliphatic heterocycles. The van der Waals surface area contributed by atoms with E-state index in [9.17, 15) is 0 Å². The first-order valence-corrected chi connectivity index (χ1v) is 6.09. The second kappa shape index (κ2) is 4.73. The third-order valence-electron chi connectivity index (χ3n) is 3.10. The van der Waals surface area contributed by atoms with E-state index in [1.807, 2.05) is 12.1 Å². The average molecular weight is 244 g/mol. The standard InChI is InChI=1S/C12H15Cl2N/c1-8-7-15-3-2-12(8)9-4-10(13)6-11(14)5-9/h4-6,8,12,15H,2-3,7H2,1H3. The Hall–Kier alpha value is -0.240. The van der Waals surface area contributed by atoms with Crippen molar-refractivity contribution in [1.29, 1.82) is 0 Å². The van der Waals surface area contributed by atoms with E-state index in [0.29, 0.717) is 11.8 Å². The van der Waals surface area contributed by atoms with Gasteiger partial charge in [0.1, 0.15) is 0 Å². The summed E-state index contributed by atoms with van der Waals surface area (Å²) in [4.78, 5) is 0. The lowest BCUT2D eigenvalue weighted by Gasteiger charge is -2.30. The maximum Gasteiger partial charge on any atom is 0.0423 e. The van der Waals surface area contributed by atoms with Crippen LogP contribution in [0.15, 0.2) is 18.2 Å². The Balaban J connectivity index is 2.27. The Morgan fingerprint density at radius 1 is 1.20 bits per heavy atom. The summed E-state index contributed by atoms with van der Waals surface area (Å²) in [6.45, 7) is 4.43. The molecule has 0 aliphatic carbocycles. The normalized spacial score (nSPS) is 26.6. The van der Waals surface area contributed by atoms with Crippen LogP contribution in [0.1, 0.15) is 24.8 Å². The van der Waals surface area contributed by atoms with Crippen molar-refractivity contribution in [1.82, 2.24) is 5.32 Å². The molecule has 1 nitrogen and oxygen atoms in total. The Morgan fingerprint density at radius 3 is 2.47 bits per heavy atom. The Bertz CT molecular complexity index is 331. The number of halogens is 2. The predicted molar refractivity (Wildman–Crippen MR) is 65.9 cm³/mol. The molecule has 0 aromatic heterocycles. The molecule has 2 unspecified atom stereocenters. The van der Waals surface area contributed by atoms with Crippen molar-refractivity contribution < 1.29 is 0 Å². The van der Waals surface area contributed by atoms with E-state index >= 15 is 0 Å². The molecule has 0 amide bonds. The highest BCUT2D eigenvalue weighted by molar-refractivity contribution is 6.34. The predicted octanol–water partition coefficient (Wildman–Crippen LogP) is 3.71. The molecular formula is C12H15Cl2N. The van der Waals surface area contributed by atoms with Crippen molar-refractivity contribution in [2.75, 3.05) is 13.1 Å². The first-order valence-electron chi connectivity index (χ1n) is 5.33. The van der Waals surface area contributed by atoms with Crippen LogP contribution in [0.25, 0.3) is 0 Å². The average Bonchev–Trinajstić information content (AvgIpc) is 2.16. The van der Waals surface area contributed by atoms with E-state index in [-0.39, 0.29) is 0 Å². The largest absolute Gasteiger partial charge is 0.316 e. The zero-order valence-electron chi connectivity index (χ0n) is 8.76. The van der Waals surface area contributed by atoms with Crippen LogP contribution in [-0.4, -0.2) is 13.1 Å². The molecule has 82 valence electrons. The summed E-state index contributed by atoms with van der Waals surface area (Å²) in [5, 5.41) is 4.88. The lowest BCUT2D eigenvalue weighted by molar-refractivity contribution is 0.349. The van der Waals surface area contributed by atoms with Gasteiger partial charge < -0.3 is 5.32 Å². The highest BCUT2D eigenvalue weighted by Crippen LogP contribution is 2.33. The third kappa shape index (κ3) is 2.66. The molecule has 1 aromatic rings. The van der Waals surface area contributed by atoms with E-state index in [1.165, 1.54) is 5.56 Å². The monoisotopic (exact) mass is 243 g/mol. The molecule has 2 atom stereocenters. The fourth-order valence-corrected chi connectivity index (χ4v) is 2.84. The van der Waals surface area contributed by atoms with Crippen LogP contribution in [0.5, 0.6) is 0 Å². The minimum absolute atomic E-state index is 0.586. The van der Waals surface area contributed by atoms with Crippen molar-refractivity contribution in [3.63, 3.8) is 0 Å². The van der Waals surface area contributed by atoms with Crippen molar-refractivity contribution in [3.05, 3.63) is 33.8 Å². The van der Waals surface area contributed by atoms with Crippen molar-refractivity contribution >= 4 is 23.2 Å². The highest BCUT2D eigenvalue weighted by Gasteiger charge is 2.22. The number of benzene rings is 1. The van der Waals surface area contributed by atoms with Gasteiger partial charge in [0.25, 0.3) is 0 Å². The molecule has 3 heteroatoms. The molecule has 1 N–H and O–H groups in total. The molecule has 0 spiro atoms. The van der Waals surface area contributed by atoms with E-state index in [2.05, 4.69) is 12.2 Å². The Labute approximate surface area is 101 Å². The van der Waals surface area contributed by atoms with Crippen LogP contribution in [0, 0.1) is 5.92 Å². The molecule has 1 saturated heterocycles. The maximum atomic E-state index is 6.02. The van der Waals surface area contributed by atoms with Crippen LogP contribution >= 0.6 is 23.2 Å². The van der Waals surface area contributed by atoms with E-state index in [4.69, 9.17) is 23.2 Å². The SMILES string of the molecule is CC1CNCCC1c1cc(Cl)cc(Cl)c1. The summed E-state index contributed by atoms with van der Waals surface area (Å²) in [5.74, 6) is 1.23. The fraction of sp³-hybridized carbons (Fsp3) is 0.500. The van der Waals surface area contributed by atoms with Crippen molar-refractivity contribution in [3.8, 4) is 0 Å². The summed E-state index contributed by atoms with van der Waals surface area (Å²) < 4.78 is 0. The van der Waals surface area contributed by atoms with Crippen molar-refractivity contribution in [2.45, 2.75) is 19.3 Å². The number of hydrogen-bond donors (Lipinski definition) is 1. The first kappa shape index (κ1) is 11.3. The zero-order valence-corrected chi connectivity index (χ0v) is 10.3. The van der Waals surface area contributed by atoms with Gasteiger partial charge in [0.05, 0.1) is 0 Å².